The maximum absolute atomic E-state index is 5.25. The Balaban J connectivity index is 0.00000242. The Morgan fingerprint density at radius 3 is 2.95 bits per heavy atom. The molecule has 1 saturated heterocycles. The van der Waals surface area contributed by atoms with Crippen LogP contribution < -0.4 is 5.32 Å². The molecule has 0 radical (unpaired) electrons. The van der Waals surface area contributed by atoms with Gasteiger partial charge in [-0.15, -0.1) is 24.0 Å². The summed E-state index contributed by atoms with van der Waals surface area (Å²) < 4.78 is 5.25. The van der Waals surface area contributed by atoms with Gasteiger partial charge in [0.05, 0.1) is 6.61 Å². The fraction of sp³-hybridized carbons (Fsp3) is 0.588. The molecule has 0 aromatic heterocycles. The van der Waals surface area contributed by atoms with Gasteiger partial charge < -0.3 is 15.0 Å². The first kappa shape index (κ1) is 19.2. The van der Waals surface area contributed by atoms with Crippen LogP contribution in [0.5, 0.6) is 0 Å². The predicted molar refractivity (Wildman–Crippen MR) is 103 cm³/mol. The van der Waals surface area contributed by atoms with Gasteiger partial charge in [-0.3, -0.25) is 4.99 Å². The van der Waals surface area contributed by atoms with E-state index in [1.807, 2.05) is 7.05 Å². The molecule has 0 spiro atoms. The standard InChI is InChI=1S/C17H27N3O.HI/c1-14-5-4-6-15(11-14)7-9-19-17(18-2)20-10-8-16(12-20)13-21-3;/h4-6,11,16H,7-10,12-13H2,1-3H3,(H,18,19);1H. The van der Waals surface area contributed by atoms with Gasteiger partial charge in [0, 0.05) is 39.7 Å². The number of hydrogen-bond donors (Lipinski definition) is 1. The van der Waals surface area contributed by atoms with Crippen LogP contribution in [-0.4, -0.2) is 51.3 Å². The van der Waals surface area contributed by atoms with Crippen molar-refractivity contribution in [1.82, 2.24) is 10.2 Å². The van der Waals surface area contributed by atoms with Crippen molar-refractivity contribution in [1.29, 1.82) is 0 Å². The van der Waals surface area contributed by atoms with E-state index >= 15 is 0 Å². The second-order valence-corrected chi connectivity index (χ2v) is 5.77. The van der Waals surface area contributed by atoms with Crippen LogP contribution >= 0.6 is 24.0 Å². The summed E-state index contributed by atoms with van der Waals surface area (Å²) in [5.41, 5.74) is 2.69. The lowest BCUT2D eigenvalue weighted by atomic mass is 10.1. The van der Waals surface area contributed by atoms with Crippen molar-refractivity contribution in [2.75, 3.05) is 40.4 Å². The Morgan fingerprint density at radius 2 is 2.27 bits per heavy atom. The summed E-state index contributed by atoms with van der Waals surface area (Å²) in [5, 5.41) is 3.48. The Bertz CT molecular complexity index is 479. The van der Waals surface area contributed by atoms with Crippen LogP contribution in [-0.2, 0) is 11.2 Å². The van der Waals surface area contributed by atoms with Crippen LogP contribution in [0.25, 0.3) is 0 Å². The molecule has 2 rings (SSSR count). The average molecular weight is 417 g/mol. The molecule has 0 aliphatic carbocycles. The summed E-state index contributed by atoms with van der Waals surface area (Å²) in [6.07, 6.45) is 2.21. The molecule has 1 aromatic rings. The molecule has 4 nitrogen and oxygen atoms in total. The number of aryl methyl sites for hydroxylation is 1. The number of hydrogen-bond acceptors (Lipinski definition) is 2. The van der Waals surface area contributed by atoms with E-state index < -0.39 is 0 Å². The molecule has 0 saturated carbocycles. The first-order valence-corrected chi connectivity index (χ1v) is 7.73. The van der Waals surface area contributed by atoms with E-state index in [0.717, 1.165) is 38.6 Å². The van der Waals surface area contributed by atoms with Crippen molar-refractivity contribution in [3.05, 3.63) is 35.4 Å². The van der Waals surface area contributed by atoms with Crippen molar-refractivity contribution in [2.24, 2.45) is 10.9 Å². The van der Waals surface area contributed by atoms with Gasteiger partial charge in [0.1, 0.15) is 0 Å². The number of guanidine groups is 1. The molecule has 1 atom stereocenters. The summed E-state index contributed by atoms with van der Waals surface area (Å²) in [5.74, 6) is 1.64. The van der Waals surface area contributed by atoms with Crippen LogP contribution in [0.15, 0.2) is 29.3 Å². The molecule has 0 amide bonds. The molecule has 1 aliphatic heterocycles. The minimum absolute atomic E-state index is 0. The predicted octanol–water partition coefficient (Wildman–Crippen LogP) is 2.70. The van der Waals surface area contributed by atoms with Crippen LogP contribution in [0.3, 0.4) is 0 Å². The molecule has 0 bridgehead atoms. The summed E-state index contributed by atoms with van der Waals surface area (Å²) in [6, 6.07) is 8.68. The van der Waals surface area contributed by atoms with Gasteiger partial charge in [0.25, 0.3) is 0 Å². The molecular formula is C17H28IN3O. The smallest absolute Gasteiger partial charge is 0.193 e. The van der Waals surface area contributed by atoms with Crippen molar-refractivity contribution in [2.45, 2.75) is 19.8 Å². The van der Waals surface area contributed by atoms with E-state index in [-0.39, 0.29) is 24.0 Å². The molecule has 1 unspecified atom stereocenters. The molecule has 1 aromatic carbocycles. The van der Waals surface area contributed by atoms with Crippen LogP contribution in [0, 0.1) is 12.8 Å². The summed E-state index contributed by atoms with van der Waals surface area (Å²) in [4.78, 5) is 6.74. The van der Waals surface area contributed by atoms with Crippen LogP contribution in [0.1, 0.15) is 17.5 Å². The highest BCUT2D eigenvalue weighted by Crippen LogP contribution is 2.16. The largest absolute Gasteiger partial charge is 0.384 e. The van der Waals surface area contributed by atoms with Gasteiger partial charge in [-0.1, -0.05) is 29.8 Å². The molecule has 1 heterocycles. The average Bonchev–Trinajstić information content (AvgIpc) is 2.92. The minimum Gasteiger partial charge on any atom is -0.384 e. The van der Waals surface area contributed by atoms with Gasteiger partial charge in [0.2, 0.25) is 0 Å². The van der Waals surface area contributed by atoms with Crippen LogP contribution in [0.2, 0.25) is 0 Å². The number of benzene rings is 1. The normalized spacial score (nSPS) is 18.2. The minimum atomic E-state index is 0. The number of nitrogens with one attached hydrogen (secondary N) is 1. The Labute approximate surface area is 151 Å². The van der Waals surface area contributed by atoms with Crippen molar-refractivity contribution < 1.29 is 4.74 Å². The van der Waals surface area contributed by atoms with Crippen molar-refractivity contribution >= 4 is 29.9 Å². The van der Waals surface area contributed by atoms with Gasteiger partial charge in [-0.05, 0) is 25.3 Å². The lowest BCUT2D eigenvalue weighted by Crippen LogP contribution is -2.41. The third kappa shape index (κ3) is 5.76. The molecule has 22 heavy (non-hydrogen) atoms. The second kappa shape index (κ2) is 10.0. The van der Waals surface area contributed by atoms with Crippen molar-refractivity contribution in [3.63, 3.8) is 0 Å². The molecule has 1 fully saturated rings. The number of methoxy groups -OCH3 is 1. The zero-order chi connectivity index (χ0) is 15.1. The van der Waals surface area contributed by atoms with Crippen LogP contribution in [0.4, 0.5) is 0 Å². The first-order chi connectivity index (χ1) is 10.2. The SMILES string of the molecule is CN=C(NCCc1cccc(C)c1)N1CCC(COC)C1.I. The highest BCUT2D eigenvalue weighted by molar-refractivity contribution is 14.0. The maximum atomic E-state index is 5.25. The number of aliphatic imine (C=N–C) groups is 1. The van der Waals surface area contributed by atoms with E-state index in [0.29, 0.717) is 5.92 Å². The van der Waals surface area contributed by atoms with E-state index in [4.69, 9.17) is 4.74 Å². The summed E-state index contributed by atoms with van der Waals surface area (Å²) in [7, 11) is 3.64. The Kier molecular flexibility index (Phi) is 8.78. The molecule has 1 aliphatic rings. The summed E-state index contributed by atoms with van der Waals surface area (Å²) >= 11 is 0. The molecule has 1 N–H and O–H groups in total. The van der Waals surface area contributed by atoms with Gasteiger partial charge in [-0.25, -0.2) is 0 Å². The number of likely N-dealkylation sites (tertiary alicyclic amines) is 1. The fourth-order valence-electron chi connectivity index (χ4n) is 2.92. The fourth-order valence-corrected chi connectivity index (χ4v) is 2.92. The molecule has 5 heteroatoms. The third-order valence-electron chi connectivity index (χ3n) is 3.98. The lowest BCUT2D eigenvalue weighted by Gasteiger charge is -2.21. The Morgan fingerprint density at radius 1 is 1.45 bits per heavy atom. The molecular weight excluding hydrogens is 389 g/mol. The van der Waals surface area contributed by atoms with E-state index in [9.17, 15) is 0 Å². The van der Waals surface area contributed by atoms with Gasteiger partial charge in [-0.2, -0.15) is 0 Å². The van der Waals surface area contributed by atoms with E-state index in [1.165, 1.54) is 17.5 Å². The number of ether oxygens (including phenoxy) is 1. The monoisotopic (exact) mass is 417 g/mol. The number of halogens is 1. The van der Waals surface area contributed by atoms with Crippen molar-refractivity contribution in [3.8, 4) is 0 Å². The quantitative estimate of drug-likeness (QED) is 0.455. The maximum Gasteiger partial charge on any atom is 0.193 e. The van der Waals surface area contributed by atoms with Gasteiger partial charge >= 0.3 is 0 Å². The topological polar surface area (TPSA) is 36.9 Å². The number of rotatable bonds is 5. The zero-order valence-corrected chi connectivity index (χ0v) is 16.2. The highest BCUT2D eigenvalue weighted by atomic mass is 127. The van der Waals surface area contributed by atoms with E-state index in [2.05, 4.69) is 46.4 Å². The number of nitrogens with zero attached hydrogens (tertiary/aromatic N) is 2. The summed E-state index contributed by atoms with van der Waals surface area (Å²) in [6.45, 7) is 6.00. The lowest BCUT2D eigenvalue weighted by molar-refractivity contribution is 0.157. The van der Waals surface area contributed by atoms with E-state index in [1.54, 1.807) is 7.11 Å². The highest BCUT2D eigenvalue weighted by Gasteiger charge is 2.24. The third-order valence-corrected chi connectivity index (χ3v) is 3.98. The Hall–Kier alpha value is -0.820. The second-order valence-electron chi connectivity index (χ2n) is 5.77. The van der Waals surface area contributed by atoms with Gasteiger partial charge in [0.15, 0.2) is 5.96 Å². The first-order valence-electron chi connectivity index (χ1n) is 7.73. The molecule has 124 valence electrons. The zero-order valence-electron chi connectivity index (χ0n) is 13.8.